The van der Waals surface area contributed by atoms with Crippen LogP contribution in [-0.2, 0) is 9.98 Å². The first-order valence-corrected chi connectivity index (χ1v) is 7.80. The molecular formula is C11H17N2O4PS. The summed E-state index contributed by atoms with van der Waals surface area (Å²) in [5.41, 5.74) is -0.337. The van der Waals surface area contributed by atoms with Crippen molar-refractivity contribution >= 4 is 25.2 Å². The van der Waals surface area contributed by atoms with Gasteiger partial charge >= 0.3 is 7.60 Å². The summed E-state index contributed by atoms with van der Waals surface area (Å²) in [5, 5.41) is 1.16. The minimum absolute atomic E-state index is 0.000502. The van der Waals surface area contributed by atoms with Crippen molar-refractivity contribution in [1.82, 2.24) is 9.97 Å². The Morgan fingerprint density at radius 3 is 2.47 bits per heavy atom. The fourth-order valence-corrected chi connectivity index (χ4v) is 2.38. The van der Waals surface area contributed by atoms with E-state index in [-0.39, 0.29) is 23.3 Å². The third kappa shape index (κ3) is 4.86. The van der Waals surface area contributed by atoms with Gasteiger partial charge in [0.1, 0.15) is 5.82 Å². The van der Waals surface area contributed by atoms with Crippen molar-refractivity contribution in [3.8, 4) is 11.8 Å². The predicted molar refractivity (Wildman–Crippen MR) is 76.3 cm³/mol. The number of nitrogens with zero attached hydrogens (tertiary/aromatic N) is 2. The molecule has 1 unspecified atom stereocenters. The van der Waals surface area contributed by atoms with Crippen molar-refractivity contribution in [2.75, 3.05) is 13.3 Å². The normalized spacial score (nSPS) is 14.6. The zero-order chi connectivity index (χ0) is 14.7. The maximum absolute atomic E-state index is 11.7. The average Bonchev–Trinajstić information content (AvgIpc) is 2.26. The third-order valence-electron chi connectivity index (χ3n) is 2.10. The summed E-state index contributed by atoms with van der Waals surface area (Å²) in [6.07, 6.45) is -0.223. The second kappa shape index (κ2) is 5.94. The van der Waals surface area contributed by atoms with Crippen LogP contribution in [-0.4, -0.2) is 33.5 Å². The molecule has 19 heavy (non-hydrogen) atoms. The Kier molecular flexibility index (Phi) is 5.01. The highest BCUT2D eigenvalue weighted by Crippen LogP contribution is 2.41. The minimum Gasteiger partial charge on any atom is -0.481 e. The van der Waals surface area contributed by atoms with Gasteiger partial charge in [0.05, 0.1) is 19.3 Å². The Hall–Kier alpha value is -1.04. The second-order valence-electron chi connectivity index (χ2n) is 4.90. The Morgan fingerprint density at radius 2 is 2.00 bits per heavy atom. The predicted octanol–water partition coefficient (Wildman–Crippen LogP) is 2.35. The van der Waals surface area contributed by atoms with Gasteiger partial charge in [-0.05, 0) is 5.37 Å². The first-order chi connectivity index (χ1) is 8.68. The maximum Gasteiger partial charge on any atom is 0.382 e. The maximum atomic E-state index is 11.7. The summed E-state index contributed by atoms with van der Waals surface area (Å²) in [7, 11) is -2.37. The largest absolute Gasteiger partial charge is 0.481 e. The van der Waals surface area contributed by atoms with Gasteiger partial charge in [-0.2, -0.15) is 9.97 Å². The van der Waals surface area contributed by atoms with Crippen molar-refractivity contribution in [3.63, 3.8) is 0 Å². The summed E-state index contributed by atoms with van der Waals surface area (Å²) in [6.45, 7) is 5.75. The molecule has 1 aromatic heterocycles. The van der Waals surface area contributed by atoms with E-state index in [0.717, 1.165) is 5.37 Å². The standard InChI is InChI=1S/C11H17N2O4PS/c1-11(2,3)10-12-8(16-4)7-9(13-10)17-18(14,15)5-6-19/h6-7H,5H2,1-4H3,(H,14,15). The van der Waals surface area contributed by atoms with Gasteiger partial charge in [-0.25, -0.2) is 4.57 Å². The molecule has 0 aliphatic carbocycles. The molecule has 0 amide bonds. The zero-order valence-corrected chi connectivity index (χ0v) is 13.0. The molecular weight excluding hydrogens is 287 g/mol. The Bertz CT molecular complexity index is 516. The average molecular weight is 304 g/mol. The van der Waals surface area contributed by atoms with Gasteiger partial charge in [0.2, 0.25) is 11.8 Å². The summed E-state index contributed by atoms with van der Waals surface area (Å²) in [5.74, 6) is 0.737. The van der Waals surface area contributed by atoms with Crippen LogP contribution in [0.2, 0.25) is 0 Å². The van der Waals surface area contributed by atoms with Gasteiger partial charge in [-0.3, -0.25) is 0 Å². The molecule has 0 radical (unpaired) electrons. The smallest absolute Gasteiger partial charge is 0.382 e. The molecule has 8 heteroatoms. The Balaban J connectivity index is 3.14. The van der Waals surface area contributed by atoms with Crippen LogP contribution >= 0.6 is 19.8 Å². The first-order valence-electron chi connectivity index (χ1n) is 5.56. The highest BCUT2D eigenvalue weighted by Gasteiger charge is 2.24. The number of hydrogen-bond acceptors (Lipinski definition) is 6. The quantitative estimate of drug-likeness (QED) is 0.660. The molecule has 0 aliphatic rings. The number of aromatic nitrogens is 2. The molecule has 0 fully saturated rings. The fraction of sp³-hybridized carbons (Fsp3) is 0.545. The molecule has 1 N–H and O–H groups in total. The molecule has 6 nitrogen and oxygen atoms in total. The highest BCUT2D eigenvalue weighted by atomic mass is 32.1. The second-order valence-corrected chi connectivity index (χ2v) is 7.06. The lowest BCUT2D eigenvalue weighted by Gasteiger charge is -2.18. The summed E-state index contributed by atoms with van der Waals surface area (Å²) in [6, 6.07) is 1.36. The minimum atomic E-state index is -3.82. The van der Waals surface area contributed by atoms with Crippen molar-refractivity contribution in [1.29, 1.82) is 0 Å². The van der Waals surface area contributed by atoms with Crippen LogP contribution in [0.3, 0.4) is 0 Å². The summed E-state index contributed by atoms with van der Waals surface area (Å²) in [4.78, 5) is 17.9. The third-order valence-corrected chi connectivity index (χ3v) is 3.63. The highest BCUT2D eigenvalue weighted by molar-refractivity contribution is 7.80. The molecule has 0 bridgehead atoms. The zero-order valence-electron chi connectivity index (χ0n) is 11.3. The molecule has 1 rings (SSSR count). The van der Waals surface area contributed by atoms with E-state index in [1.54, 1.807) is 0 Å². The molecule has 1 atom stereocenters. The van der Waals surface area contributed by atoms with Crippen molar-refractivity contribution < 1.29 is 18.7 Å². The lowest BCUT2D eigenvalue weighted by molar-refractivity contribution is 0.362. The van der Waals surface area contributed by atoms with E-state index >= 15 is 0 Å². The van der Waals surface area contributed by atoms with Crippen LogP contribution in [0.4, 0.5) is 0 Å². The van der Waals surface area contributed by atoms with Crippen LogP contribution in [0.25, 0.3) is 0 Å². The van der Waals surface area contributed by atoms with Crippen LogP contribution < -0.4 is 9.26 Å². The number of methoxy groups -OCH3 is 1. The van der Waals surface area contributed by atoms with E-state index < -0.39 is 7.60 Å². The van der Waals surface area contributed by atoms with Gasteiger partial charge in [0.25, 0.3) is 0 Å². The first kappa shape index (κ1) is 16.0. The molecule has 0 spiro atoms. The van der Waals surface area contributed by atoms with Crippen LogP contribution in [0, 0.1) is 0 Å². The topological polar surface area (TPSA) is 81.5 Å². The van der Waals surface area contributed by atoms with Gasteiger partial charge in [0, 0.05) is 5.41 Å². The van der Waals surface area contributed by atoms with Crippen LogP contribution in [0.1, 0.15) is 26.6 Å². The molecule has 0 saturated carbocycles. The van der Waals surface area contributed by atoms with E-state index in [2.05, 4.69) is 22.2 Å². The van der Waals surface area contributed by atoms with Gasteiger partial charge in [-0.15, -0.1) is 0 Å². The van der Waals surface area contributed by atoms with E-state index in [1.165, 1.54) is 13.2 Å². The Labute approximate surface area is 117 Å². The van der Waals surface area contributed by atoms with Crippen LogP contribution in [0.5, 0.6) is 11.8 Å². The van der Waals surface area contributed by atoms with E-state index in [1.807, 2.05) is 20.8 Å². The molecule has 1 aromatic rings. The number of thiocarbonyl (C=S) groups is 1. The molecule has 106 valence electrons. The monoisotopic (exact) mass is 304 g/mol. The van der Waals surface area contributed by atoms with E-state index in [0.29, 0.717) is 5.82 Å². The van der Waals surface area contributed by atoms with Crippen molar-refractivity contribution in [2.45, 2.75) is 26.2 Å². The van der Waals surface area contributed by atoms with Crippen molar-refractivity contribution in [3.05, 3.63) is 11.9 Å². The van der Waals surface area contributed by atoms with Gasteiger partial charge in [-0.1, -0.05) is 33.0 Å². The summed E-state index contributed by atoms with van der Waals surface area (Å²) >= 11 is 4.56. The SMILES string of the molecule is COc1cc(OP(=O)(O)CC=S)nc(C(C)(C)C)n1. The van der Waals surface area contributed by atoms with Gasteiger partial charge < -0.3 is 14.2 Å². The van der Waals surface area contributed by atoms with Crippen molar-refractivity contribution in [2.24, 2.45) is 0 Å². The molecule has 0 aromatic carbocycles. The number of ether oxygens (including phenoxy) is 1. The fourth-order valence-electron chi connectivity index (χ4n) is 1.17. The lowest BCUT2D eigenvalue weighted by Crippen LogP contribution is -2.17. The van der Waals surface area contributed by atoms with Gasteiger partial charge in [0.15, 0.2) is 0 Å². The Morgan fingerprint density at radius 1 is 1.42 bits per heavy atom. The van der Waals surface area contributed by atoms with E-state index in [9.17, 15) is 9.46 Å². The lowest BCUT2D eigenvalue weighted by atomic mass is 9.96. The number of hydrogen-bond donors (Lipinski definition) is 1. The molecule has 0 aliphatic heterocycles. The van der Waals surface area contributed by atoms with E-state index in [4.69, 9.17) is 9.26 Å². The van der Waals surface area contributed by atoms with Crippen LogP contribution in [0.15, 0.2) is 6.07 Å². The molecule has 0 saturated heterocycles. The number of rotatable bonds is 5. The molecule has 1 heterocycles. The summed E-state index contributed by atoms with van der Waals surface area (Å²) < 4.78 is 21.7.